The summed E-state index contributed by atoms with van der Waals surface area (Å²) in [6.07, 6.45) is 3.98. The minimum Gasteiger partial charge on any atom is -0.307 e. The Morgan fingerprint density at radius 2 is 1.91 bits per heavy atom. The average molecular weight is 333 g/mol. The number of thioether (sulfide) groups is 1. The van der Waals surface area contributed by atoms with Gasteiger partial charge in [0, 0.05) is 16.0 Å². The summed E-state index contributed by atoms with van der Waals surface area (Å²) in [6.45, 7) is 0. The summed E-state index contributed by atoms with van der Waals surface area (Å²) in [5.41, 5.74) is 1.17. The first kappa shape index (κ1) is 13.4. The van der Waals surface area contributed by atoms with Crippen molar-refractivity contribution in [2.24, 2.45) is 17.8 Å². The van der Waals surface area contributed by atoms with E-state index in [0.717, 1.165) is 16.9 Å². The minimum absolute atomic E-state index is 0.0388. The summed E-state index contributed by atoms with van der Waals surface area (Å²) in [6, 6.07) is 6.92. The van der Waals surface area contributed by atoms with Crippen LogP contribution in [0, 0.1) is 23.6 Å². The van der Waals surface area contributed by atoms with Crippen LogP contribution in [-0.4, -0.2) is 10.2 Å². The number of fused-ring (bicyclic) bond motifs is 6. The number of aromatic amines is 1. The molecule has 114 valence electrons. The highest BCUT2D eigenvalue weighted by Crippen LogP contribution is 2.63. The maximum absolute atomic E-state index is 13.3. The van der Waals surface area contributed by atoms with Crippen LogP contribution in [-0.2, 0) is 0 Å². The monoisotopic (exact) mass is 333 g/mol. The molecular weight excluding hydrogens is 317 g/mol. The fourth-order valence-electron chi connectivity index (χ4n) is 4.89. The molecule has 5 heteroatoms. The Kier molecular flexibility index (Phi) is 2.87. The zero-order valence-electron chi connectivity index (χ0n) is 11.9. The smallest absolute Gasteiger partial charge is 0.305 e. The van der Waals surface area contributed by atoms with E-state index in [4.69, 9.17) is 0 Å². The molecular formula is C17H16FNOS2. The summed E-state index contributed by atoms with van der Waals surface area (Å²) in [7, 11) is 0. The predicted octanol–water partition coefficient (Wildman–Crippen LogP) is 4.23. The first-order valence-electron chi connectivity index (χ1n) is 7.86. The van der Waals surface area contributed by atoms with Gasteiger partial charge in [-0.25, -0.2) is 4.39 Å². The molecule has 0 saturated heterocycles. The number of benzene rings is 1. The van der Waals surface area contributed by atoms with Crippen molar-refractivity contribution in [3.8, 4) is 0 Å². The molecule has 1 aromatic carbocycles. The Morgan fingerprint density at radius 3 is 2.73 bits per heavy atom. The number of hydrogen-bond acceptors (Lipinski definition) is 3. The molecule has 1 N–H and O–H groups in total. The van der Waals surface area contributed by atoms with E-state index in [9.17, 15) is 9.18 Å². The van der Waals surface area contributed by atoms with Gasteiger partial charge in [0.15, 0.2) is 0 Å². The standard InChI is InChI=1S/C17H16FNOS2/c18-11-5-3-8(4-6-11)12-13-9-1-2-10(7-9)14(13)21-16-15(12)22-17(20)19-16/h3-6,9-10,12-14H,1-2,7H2,(H,19,20)/t9-,10+,12-,13-,14-/m1/s1. The zero-order chi connectivity index (χ0) is 14.8. The summed E-state index contributed by atoms with van der Waals surface area (Å²) >= 11 is 3.24. The van der Waals surface area contributed by atoms with E-state index in [1.165, 1.54) is 41.0 Å². The lowest BCUT2D eigenvalue weighted by Crippen LogP contribution is -2.33. The molecule has 2 bridgehead atoms. The molecule has 0 spiro atoms. The Bertz CT molecular complexity index is 781. The van der Waals surface area contributed by atoms with Crippen LogP contribution >= 0.6 is 23.1 Å². The van der Waals surface area contributed by atoms with Gasteiger partial charge in [-0.1, -0.05) is 23.5 Å². The van der Waals surface area contributed by atoms with Crippen molar-refractivity contribution >= 4 is 23.1 Å². The molecule has 5 rings (SSSR count). The number of hydrogen-bond donors (Lipinski definition) is 1. The van der Waals surface area contributed by atoms with E-state index in [1.807, 2.05) is 23.9 Å². The van der Waals surface area contributed by atoms with Gasteiger partial charge < -0.3 is 4.98 Å². The summed E-state index contributed by atoms with van der Waals surface area (Å²) < 4.78 is 13.3. The lowest BCUT2D eigenvalue weighted by Gasteiger charge is -2.40. The molecule has 1 aliphatic heterocycles. The van der Waals surface area contributed by atoms with Gasteiger partial charge in [0.1, 0.15) is 5.82 Å². The molecule has 2 fully saturated rings. The maximum atomic E-state index is 13.3. The van der Waals surface area contributed by atoms with Crippen molar-refractivity contribution in [3.63, 3.8) is 0 Å². The largest absolute Gasteiger partial charge is 0.307 e. The molecule has 0 radical (unpaired) electrons. The highest BCUT2D eigenvalue weighted by Gasteiger charge is 2.54. The predicted molar refractivity (Wildman–Crippen MR) is 87.1 cm³/mol. The fourth-order valence-corrected chi connectivity index (χ4v) is 7.79. The van der Waals surface area contributed by atoms with Crippen LogP contribution in [0.3, 0.4) is 0 Å². The van der Waals surface area contributed by atoms with Gasteiger partial charge in [-0.15, -0.1) is 11.8 Å². The molecule has 3 aliphatic rings. The van der Waals surface area contributed by atoms with Gasteiger partial charge in [-0.3, -0.25) is 4.79 Å². The second-order valence-electron chi connectivity index (χ2n) is 6.73. The molecule has 5 atom stereocenters. The lowest BCUT2D eigenvalue weighted by molar-refractivity contribution is 0.307. The van der Waals surface area contributed by atoms with Gasteiger partial charge in [-0.05, 0) is 54.7 Å². The molecule has 0 amide bonds. The zero-order valence-corrected chi connectivity index (χ0v) is 13.6. The molecule has 22 heavy (non-hydrogen) atoms. The fraction of sp³-hybridized carbons (Fsp3) is 0.471. The van der Waals surface area contributed by atoms with Gasteiger partial charge in [0.25, 0.3) is 0 Å². The summed E-state index contributed by atoms with van der Waals surface area (Å²) in [5, 5.41) is 1.68. The molecule has 2 nitrogen and oxygen atoms in total. The Hall–Kier alpha value is -1.07. The molecule has 2 aliphatic carbocycles. The summed E-state index contributed by atoms with van der Waals surface area (Å²) in [5.74, 6) is 2.23. The topological polar surface area (TPSA) is 32.9 Å². The van der Waals surface area contributed by atoms with Gasteiger partial charge in [-0.2, -0.15) is 0 Å². The van der Waals surface area contributed by atoms with Gasteiger partial charge in [0.2, 0.25) is 0 Å². The normalized spacial score (nSPS) is 35.4. The SMILES string of the molecule is O=c1[nH]c2c(s1)[C@H](c1ccc(F)cc1)[C@H]1[C@@H]3CC[C@@H](C3)[C@H]1S2. The van der Waals surface area contributed by atoms with E-state index in [2.05, 4.69) is 4.98 Å². The van der Waals surface area contributed by atoms with Crippen molar-refractivity contribution in [1.82, 2.24) is 4.98 Å². The van der Waals surface area contributed by atoms with E-state index in [-0.39, 0.29) is 16.6 Å². The highest BCUT2D eigenvalue weighted by atomic mass is 32.2. The van der Waals surface area contributed by atoms with Crippen molar-refractivity contribution in [1.29, 1.82) is 0 Å². The van der Waals surface area contributed by atoms with Crippen LogP contribution in [0.2, 0.25) is 0 Å². The van der Waals surface area contributed by atoms with Crippen LogP contribution < -0.4 is 4.87 Å². The molecule has 0 unspecified atom stereocenters. The average Bonchev–Trinajstić information content (AvgIpc) is 3.19. The molecule has 1 aromatic heterocycles. The Morgan fingerprint density at radius 1 is 1.14 bits per heavy atom. The number of aromatic nitrogens is 1. The number of H-pyrrole nitrogens is 1. The van der Waals surface area contributed by atoms with Gasteiger partial charge in [0.05, 0.1) is 5.03 Å². The van der Waals surface area contributed by atoms with E-state index in [0.29, 0.717) is 11.2 Å². The lowest BCUT2D eigenvalue weighted by atomic mass is 9.75. The maximum Gasteiger partial charge on any atom is 0.305 e. The number of rotatable bonds is 1. The van der Waals surface area contributed by atoms with Crippen LogP contribution in [0.25, 0.3) is 0 Å². The van der Waals surface area contributed by atoms with E-state index < -0.39 is 0 Å². The highest BCUT2D eigenvalue weighted by molar-refractivity contribution is 8.00. The van der Waals surface area contributed by atoms with Crippen molar-refractivity contribution in [2.75, 3.05) is 0 Å². The molecule has 2 aromatic rings. The third-order valence-electron chi connectivity index (χ3n) is 5.69. The summed E-state index contributed by atoms with van der Waals surface area (Å²) in [4.78, 5) is 16.1. The molecule has 2 heterocycles. The second kappa shape index (κ2) is 4.71. The third-order valence-corrected chi connectivity index (χ3v) is 8.32. The second-order valence-corrected chi connectivity index (χ2v) is 8.93. The van der Waals surface area contributed by atoms with Crippen LogP contribution in [0.15, 0.2) is 34.1 Å². The van der Waals surface area contributed by atoms with Crippen molar-refractivity contribution in [3.05, 3.63) is 50.2 Å². The number of nitrogens with one attached hydrogen (secondary N) is 1. The van der Waals surface area contributed by atoms with Crippen LogP contribution in [0.5, 0.6) is 0 Å². The third kappa shape index (κ3) is 1.81. The minimum atomic E-state index is -0.194. The van der Waals surface area contributed by atoms with E-state index >= 15 is 0 Å². The first-order chi connectivity index (χ1) is 10.7. The number of thiazole rings is 1. The molecule has 2 saturated carbocycles. The quantitative estimate of drug-likeness (QED) is 0.847. The van der Waals surface area contributed by atoms with Crippen molar-refractivity contribution < 1.29 is 4.39 Å². The van der Waals surface area contributed by atoms with E-state index in [1.54, 1.807) is 12.1 Å². The Balaban J connectivity index is 1.68. The Labute approximate surface area is 136 Å². The van der Waals surface area contributed by atoms with Crippen LogP contribution in [0.1, 0.15) is 35.6 Å². The van der Waals surface area contributed by atoms with Gasteiger partial charge >= 0.3 is 4.87 Å². The van der Waals surface area contributed by atoms with Crippen LogP contribution in [0.4, 0.5) is 4.39 Å². The first-order valence-corrected chi connectivity index (χ1v) is 9.55. The van der Waals surface area contributed by atoms with Crippen molar-refractivity contribution in [2.45, 2.75) is 35.5 Å². The number of halogens is 1.